The van der Waals surface area contributed by atoms with Gasteiger partial charge in [-0.3, -0.25) is 9.36 Å². The van der Waals surface area contributed by atoms with Crippen molar-refractivity contribution in [3.05, 3.63) is 114 Å². The number of unbranched alkanes of at least 4 members (excludes halogenated alkanes) is 2. The molecule has 0 saturated carbocycles. The van der Waals surface area contributed by atoms with Crippen molar-refractivity contribution in [1.29, 1.82) is 0 Å². The number of aliphatic hydroxyl groups is 1. The van der Waals surface area contributed by atoms with E-state index in [9.17, 15) is 14.7 Å². The number of benzene rings is 3. The molecule has 1 aliphatic heterocycles. The van der Waals surface area contributed by atoms with Crippen molar-refractivity contribution in [3.63, 3.8) is 0 Å². The maximum absolute atomic E-state index is 12.5. The fraction of sp³-hybridized carbons (Fsp3) is 0.303. The maximum Gasteiger partial charge on any atom is 0.351 e. The highest BCUT2D eigenvalue weighted by atomic mass is 31.2. The average molecular weight is 587 g/mol. The Balaban J connectivity index is 1.16. The number of aromatic nitrogens is 2. The lowest BCUT2D eigenvalue weighted by molar-refractivity contribution is -0.150. The molecule has 0 amide bonds. The van der Waals surface area contributed by atoms with Crippen LogP contribution >= 0.6 is 7.26 Å². The van der Waals surface area contributed by atoms with E-state index in [-0.39, 0.29) is 24.8 Å². The lowest BCUT2D eigenvalue weighted by atomic mass is 10.2. The fourth-order valence-electron chi connectivity index (χ4n) is 5.61. The van der Waals surface area contributed by atoms with Crippen LogP contribution < -0.4 is 27.3 Å². The molecule has 42 heavy (non-hydrogen) atoms. The largest absolute Gasteiger partial charge is 0.463 e. The minimum atomic E-state index is -1.89. The molecule has 0 aliphatic carbocycles. The average Bonchev–Trinajstić information content (AvgIpc) is 3.39. The summed E-state index contributed by atoms with van der Waals surface area (Å²) in [5.74, 6) is -0.205. The number of nitrogen functional groups attached to an aromatic ring is 1. The van der Waals surface area contributed by atoms with E-state index in [0.29, 0.717) is 12.8 Å². The van der Waals surface area contributed by atoms with Gasteiger partial charge in [0.25, 0.3) is 0 Å². The third-order valence-electron chi connectivity index (χ3n) is 7.74. The zero-order valence-electron chi connectivity index (χ0n) is 23.5. The van der Waals surface area contributed by atoms with Gasteiger partial charge < -0.3 is 20.3 Å². The molecule has 1 fully saturated rings. The van der Waals surface area contributed by atoms with Crippen LogP contribution in [0.25, 0.3) is 0 Å². The summed E-state index contributed by atoms with van der Waals surface area (Å²) in [5, 5.41) is 14.5. The van der Waals surface area contributed by atoms with Gasteiger partial charge in [0.05, 0.1) is 12.3 Å². The number of nitrogens with zero attached hydrogens (tertiary/aromatic N) is 2. The number of rotatable bonds is 12. The number of ether oxygens (including phenoxy) is 2. The van der Waals surface area contributed by atoms with Gasteiger partial charge in [-0.05, 0) is 61.7 Å². The highest BCUT2D eigenvalue weighted by Gasteiger charge is 2.44. The van der Waals surface area contributed by atoms with Crippen LogP contribution in [0.4, 0.5) is 5.82 Å². The number of carbonyl (C=O) groups is 1. The lowest BCUT2D eigenvalue weighted by Crippen LogP contribution is -2.33. The van der Waals surface area contributed by atoms with E-state index < -0.39 is 31.4 Å². The van der Waals surface area contributed by atoms with Crippen molar-refractivity contribution >= 4 is 35.0 Å². The first kappa shape index (κ1) is 29.6. The summed E-state index contributed by atoms with van der Waals surface area (Å²) >= 11 is 0. The van der Waals surface area contributed by atoms with Crippen molar-refractivity contribution < 1.29 is 19.4 Å². The molecule has 8 nitrogen and oxygen atoms in total. The van der Waals surface area contributed by atoms with E-state index in [4.69, 9.17) is 15.2 Å². The van der Waals surface area contributed by atoms with E-state index in [2.05, 4.69) is 96.0 Å². The Morgan fingerprint density at radius 2 is 1.48 bits per heavy atom. The summed E-state index contributed by atoms with van der Waals surface area (Å²) in [6.07, 6.45) is 3.28. The Kier molecular flexibility index (Phi) is 9.80. The van der Waals surface area contributed by atoms with Gasteiger partial charge in [-0.15, -0.1) is 0 Å². The summed E-state index contributed by atoms with van der Waals surface area (Å²) in [5.41, 5.74) is 5.00. The van der Waals surface area contributed by atoms with Crippen LogP contribution in [0, 0.1) is 0 Å². The van der Waals surface area contributed by atoms with E-state index in [1.165, 1.54) is 32.7 Å². The minimum absolute atomic E-state index is 0.0711. The molecule has 0 radical (unpaired) electrons. The highest BCUT2D eigenvalue weighted by molar-refractivity contribution is 7.95. The van der Waals surface area contributed by atoms with Crippen LogP contribution in [-0.4, -0.2) is 45.6 Å². The Hall–Kier alpha value is -3.84. The van der Waals surface area contributed by atoms with Crippen LogP contribution in [0.2, 0.25) is 0 Å². The molecule has 1 aromatic heterocycles. The summed E-state index contributed by atoms with van der Waals surface area (Å²) in [6, 6.07) is 33.8. The van der Waals surface area contributed by atoms with Gasteiger partial charge in [-0.25, -0.2) is 4.79 Å². The van der Waals surface area contributed by atoms with Crippen LogP contribution in [0.5, 0.6) is 0 Å². The molecule has 1 saturated heterocycles. The molecule has 218 valence electrons. The zero-order chi connectivity index (χ0) is 29.4. The Morgan fingerprint density at radius 3 is 2.02 bits per heavy atom. The second-order valence-corrected chi connectivity index (χ2v) is 14.1. The summed E-state index contributed by atoms with van der Waals surface area (Å²) < 4.78 is 12.5. The molecule has 1 aliphatic rings. The number of nitrogens with two attached hydrogens (primary N) is 1. The highest BCUT2D eigenvalue weighted by Crippen LogP contribution is 2.56. The Labute approximate surface area is 246 Å². The Bertz CT molecular complexity index is 1400. The zero-order valence-corrected chi connectivity index (χ0v) is 24.4. The van der Waals surface area contributed by atoms with Gasteiger partial charge in [0, 0.05) is 19.0 Å². The van der Waals surface area contributed by atoms with Crippen LogP contribution in [0.15, 0.2) is 108 Å². The molecule has 0 bridgehead atoms. The second-order valence-electron chi connectivity index (χ2n) is 10.5. The molecular weight excluding hydrogens is 549 g/mol. The van der Waals surface area contributed by atoms with Gasteiger partial charge in [0.2, 0.25) is 0 Å². The minimum Gasteiger partial charge on any atom is -0.463 e. The molecule has 3 aromatic carbocycles. The molecule has 0 unspecified atom stereocenters. The second kappa shape index (κ2) is 13.9. The number of esters is 1. The molecule has 3 N–H and O–H groups in total. The van der Waals surface area contributed by atoms with Gasteiger partial charge in [0.15, 0.2) is 0 Å². The van der Waals surface area contributed by atoms with Gasteiger partial charge in [-0.2, -0.15) is 4.98 Å². The fourth-order valence-corrected chi connectivity index (χ4v) is 10.0. The van der Waals surface area contributed by atoms with Crippen LogP contribution in [0.1, 0.15) is 38.3 Å². The Morgan fingerprint density at radius 1 is 0.905 bits per heavy atom. The predicted octanol–water partition coefficient (Wildman–Crippen LogP) is 3.57. The molecule has 2 heterocycles. The first-order valence-corrected chi connectivity index (χ1v) is 16.3. The third-order valence-corrected chi connectivity index (χ3v) is 12.3. The van der Waals surface area contributed by atoms with Gasteiger partial charge in [0.1, 0.15) is 47.9 Å². The van der Waals surface area contributed by atoms with E-state index in [1.54, 1.807) is 0 Å². The SMILES string of the molecule is Nc1ccn([C@H]2C[C@H](O)[C@@H](COC(=O)CCCCC[P+](c3ccccc3)(c3ccccc3)c3ccccc3)O2)c(=O)n1. The standard InChI is InChI=1S/C33H36N3O5P/c34-30-20-21-36(33(39)35-30)31-23-28(37)29(41-31)24-40-32(38)19-11-4-12-22-42(25-13-5-1-6-14-25,26-15-7-2-8-16-26)27-17-9-3-10-18-27/h1-3,5-10,13-18,20-21,28-29,31,37H,4,11-12,19,22-24H2,(H-,34,35,39)/p+1/t28-,29+,31+/m0/s1. The molecule has 5 rings (SSSR count). The van der Waals surface area contributed by atoms with Crippen molar-refractivity contribution in [2.75, 3.05) is 18.5 Å². The van der Waals surface area contributed by atoms with Gasteiger partial charge in [-0.1, -0.05) is 54.6 Å². The number of aliphatic hydroxyl groups excluding tert-OH is 1. The topological polar surface area (TPSA) is 117 Å². The normalized spacial score (nSPS) is 18.5. The number of hydrogen-bond acceptors (Lipinski definition) is 7. The van der Waals surface area contributed by atoms with Crippen molar-refractivity contribution in [3.8, 4) is 0 Å². The molecule has 4 aromatic rings. The number of carbonyl (C=O) groups excluding carboxylic acids is 1. The summed E-state index contributed by atoms with van der Waals surface area (Å²) in [4.78, 5) is 28.3. The van der Waals surface area contributed by atoms with E-state index in [1.807, 2.05) is 0 Å². The summed E-state index contributed by atoms with van der Waals surface area (Å²) in [7, 11) is -1.89. The van der Waals surface area contributed by atoms with Crippen LogP contribution in [0.3, 0.4) is 0 Å². The first-order valence-electron chi connectivity index (χ1n) is 14.4. The first-order chi connectivity index (χ1) is 20.5. The lowest BCUT2D eigenvalue weighted by Gasteiger charge is -2.27. The van der Waals surface area contributed by atoms with E-state index >= 15 is 0 Å². The quantitative estimate of drug-likeness (QED) is 0.148. The smallest absolute Gasteiger partial charge is 0.351 e. The molecule has 3 atom stereocenters. The van der Waals surface area contributed by atoms with E-state index in [0.717, 1.165) is 19.0 Å². The molecular formula is C33H37N3O5P+. The molecule has 9 heteroatoms. The monoisotopic (exact) mass is 586 g/mol. The summed E-state index contributed by atoms with van der Waals surface area (Å²) in [6.45, 7) is -0.0711. The third kappa shape index (κ3) is 6.79. The van der Waals surface area contributed by atoms with Crippen LogP contribution in [-0.2, 0) is 14.3 Å². The number of hydrogen-bond donors (Lipinski definition) is 2. The number of anilines is 1. The van der Waals surface area contributed by atoms with Crippen molar-refractivity contribution in [1.82, 2.24) is 9.55 Å². The van der Waals surface area contributed by atoms with Crippen molar-refractivity contribution in [2.24, 2.45) is 0 Å². The maximum atomic E-state index is 12.5. The molecule has 0 spiro atoms. The van der Waals surface area contributed by atoms with Gasteiger partial charge >= 0.3 is 11.7 Å². The predicted molar refractivity (Wildman–Crippen MR) is 167 cm³/mol. The van der Waals surface area contributed by atoms with Crippen molar-refractivity contribution in [2.45, 2.75) is 50.5 Å².